The molecule has 0 spiro atoms. The maximum absolute atomic E-state index is 12.2. The number of esters is 2. The number of rotatable bonds is 3. The first-order valence-electron chi connectivity index (χ1n) is 8.72. The first kappa shape index (κ1) is 19.8. The third kappa shape index (κ3) is 3.23. The molecule has 0 aromatic carbocycles. The topological polar surface area (TPSA) is 123 Å². The lowest BCUT2D eigenvalue weighted by Gasteiger charge is -2.40. The fraction of sp³-hybridized carbons (Fsp3) is 0.579. The number of hydrogen-bond donors (Lipinski definition) is 3. The molecule has 8 nitrogen and oxygen atoms in total. The Morgan fingerprint density at radius 2 is 2.04 bits per heavy atom. The van der Waals surface area contributed by atoms with Gasteiger partial charge in [-0.25, -0.2) is 9.59 Å². The number of hydrogen-bond acceptors (Lipinski definition) is 8. The monoisotopic (exact) mass is 380 g/mol. The molecule has 0 unspecified atom stereocenters. The van der Waals surface area contributed by atoms with Gasteiger partial charge in [0.25, 0.3) is 0 Å². The molecule has 3 aliphatic rings. The van der Waals surface area contributed by atoms with E-state index in [2.05, 4.69) is 6.58 Å². The summed E-state index contributed by atoms with van der Waals surface area (Å²) >= 11 is 0. The zero-order valence-electron chi connectivity index (χ0n) is 15.6. The molecule has 8 heteroatoms. The average Bonchev–Trinajstić information content (AvgIpc) is 3.03. The van der Waals surface area contributed by atoms with Gasteiger partial charge < -0.3 is 29.5 Å². The zero-order valence-corrected chi connectivity index (χ0v) is 15.6. The molecule has 3 N–H and O–H groups in total. The highest BCUT2D eigenvalue weighted by Gasteiger charge is 2.58. The van der Waals surface area contributed by atoms with Crippen molar-refractivity contribution < 1.29 is 39.1 Å². The Kier molecular flexibility index (Phi) is 4.59. The standard InChI is InChI=1S/C19H24O8/c1-10(2)15(21)25-13-8-18(4,23)19(24)6-5-17(3,27-19)7-12-14(13)11(9-20)16(22)26-12/h7,13,20,23-24H,1,5-6,8-9H2,2-4H3/b12-7+/t13-,17+,18-,19+/m1/s1. The van der Waals surface area contributed by atoms with Gasteiger partial charge in [0, 0.05) is 24.0 Å². The van der Waals surface area contributed by atoms with Crippen LogP contribution in [0, 0.1) is 0 Å². The number of aliphatic hydroxyl groups is 3. The number of ether oxygens (including phenoxy) is 3. The lowest BCUT2D eigenvalue weighted by Crippen LogP contribution is -2.54. The predicted molar refractivity (Wildman–Crippen MR) is 91.9 cm³/mol. The molecule has 4 atom stereocenters. The van der Waals surface area contributed by atoms with Crippen molar-refractivity contribution in [3.8, 4) is 0 Å². The Balaban J connectivity index is 2.18. The normalized spacial score (nSPS) is 40.3. The van der Waals surface area contributed by atoms with Crippen molar-refractivity contribution in [2.75, 3.05) is 6.61 Å². The summed E-state index contributed by atoms with van der Waals surface area (Å²) < 4.78 is 16.5. The average molecular weight is 380 g/mol. The molecular formula is C19H24O8. The fourth-order valence-corrected chi connectivity index (χ4v) is 3.70. The zero-order chi connectivity index (χ0) is 20.2. The Morgan fingerprint density at radius 3 is 2.63 bits per heavy atom. The first-order valence-corrected chi connectivity index (χ1v) is 8.72. The number of aliphatic hydroxyl groups excluding tert-OH is 1. The SMILES string of the molecule is C=C(C)C(=O)O[C@@H]1C[C@@](C)(O)[C@]2(O)CC[C@@](C)(/C=C3/OC(=O)C(CO)=C31)O2. The summed E-state index contributed by atoms with van der Waals surface area (Å²) in [5.41, 5.74) is -2.60. The smallest absolute Gasteiger partial charge is 0.342 e. The van der Waals surface area contributed by atoms with Crippen LogP contribution in [0.3, 0.4) is 0 Å². The fourth-order valence-electron chi connectivity index (χ4n) is 3.70. The van der Waals surface area contributed by atoms with Crippen LogP contribution in [0.15, 0.2) is 35.1 Å². The van der Waals surface area contributed by atoms with E-state index in [4.69, 9.17) is 14.2 Å². The Hall–Kier alpha value is -2.00. The second kappa shape index (κ2) is 6.27. The van der Waals surface area contributed by atoms with Gasteiger partial charge in [-0.15, -0.1) is 0 Å². The molecule has 0 saturated carbocycles. The molecule has 0 amide bonds. The summed E-state index contributed by atoms with van der Waals surface area (Å²) in [6, 6.07) is 0. The van der Waals surface area contributed by atoms with Crippen molar-refractivity contribution in [3.05, 3.63) is 35.1 Å². The predicted octanol–water partition coefficient (Wildman–Crippen LogP) is 0.616. The summed E-state index contributed by atoms with van der Waals surface area (Å²) in [5.74, 6) is -3.28. The van der Waals surface area contributed by atoms with Gasteiger partial charge >= 0.3 is 11.9 Å². The Morgan fingerprint density at radius 1 is 1.37 bits per heavy atom. The molecule has 27 heavy (non-hydrogen) atoms. The molecule has 3 aliphatic heterocycles. The van der Waals surface area contributed by atoms with Gasteiger partial charge in [-0.1, -0.05) is 6.58 Å². The van der Waals surface area contributed by atoms with E-state index in [9.17, 15) is 24.9 Å². The van der Waals surface area contributed by atoms with E-state index in [-0.39, 0.29) is 35.3 Å². The van der Waals surface area contributed by atoms with Gasteiger partial charge in [-0.2, -0.15) is 0 Å². The summed E-state index contributed by atoms with van der Waals surface area (Å²) in [7, 11) is 0. The molecular weight excluding hydrogens is 356 g/mol. The summed E-state index contributed by atoms with van der Waals surface area (Å²) in [5, 5.41) is 31.6. The van der Waals surface area contributed by atoms with Gasteiger partial charge in [0.1, 0.15) is 17.5 Å². The van der Waals surface area contributed by atoms with Crippen molar-refractivity contribution in [2.24, 2.45) is 0 Å². The van der Waals surface area contributed by atoms with E-state index in [0.717, 1.165) is 0 Å². The quantitative estimate of drug-likeness (QED) is 0.481. The van der Waals surface area contributed by atoms with Crippen LogP contribution >= 0.6 is 0 Å². The van der Waals surface area contributed by atoms with E-state index < -0.39 is 41.6 Å². The largest absolute Gasteiger partial charge is 0.454 e. The van der Waals surface area contributed by atoms with Crippen molar-refractivity contribution in [1.29, 1.82) is 0 Å². The van der Waals surface area contributed by atoms with Crippen LogP contribution in [0.4, 0.5) is 0 Å². The van der Waals surface area contributed by atoms with Crippen LogP contribution in [0.1, 0.15) is 40.0 Å². The second-order valence-electron chi connectivity index (χ2n) is 7.80. The molecule has 3 heterocycles. The molecule has 1 saturated heterocycles. The molecule has 1 fully saturated rings. The second-order valence-corrected chi connectivity index (χ2v) is 7.80. The molecule has 3 rings (SSSR count). The number of fused-ring (bicyclic) bond motifs is 3. The highest BCUT2D eigenvalue weighted by atomic mass is 16.7. The van der Waals surface area contributed by atoms with E-state index in [1.807, 2.05) is 0 Å². The van der Waals surface area contributed by atoms with E-state index in [1.54, 1.807) is 6.92 Å². The molecule has 0 aromatic heterocycles. The summed E-state index contributed by atoms with van der Waals surface area (Å²) in [6.45, 7) is 7.43. The minimum atomic E-state index is -1.88. The maximum Gasteiger partial charge on any atom is 0.342 e. The van der Waals surface area contributed by atoms with Crippen LogP contribution in [-0.2, 0) is 23.8 Å². The van der Waals surface area contributed by atoms with Crippen LogP contribution in [0.2, 0.25) is 0 Å². The summed E-state index contributed by atoms with van der Waals surface area (Å²) in [4.78, 5) is 24.3. The van der Waals surface area contributed by atoms with E-state index in [0.29, 0.717) is 6.42 Å². The van der Waals surface area contributed by atoms with Crippen LogP contribution < -0.4 is 0 Å². The molecule has 0 aliphatic carbocycles. The lowest BCUT2D eigenvalue weighted by molar-refractivity contribution is -0.298. The van der Waals surface area contributed by atoms with Gasteiger partial charge in [0.15, 0.2) is 5.79 Å². The molecule has 0 aromatic rings. The third-order valence-electron chi connectivity index (χ3n) is 5.34. The molecule has 2 bridgehead atoms. The minimum absolute atomic E-state index is 0.0649. The van der Waals surface area contributed by atoms with Gasteiger partial charge in [-0.3, -0.25) is 0 Å². The van der Waals surface area contributed by atoms with E-state index >= 15 is 0 Å². The maximum atomic E-state index is 12.2. The van der Waals surface area contributed by atoms with Crippen LogP contribution in [-0.4, -0.2) is 57.0 Å². The Bertz CT molecular complexity index is 777. The minimum Gasteiger partial charge on any atom is -0.454 e. The van der Waals surface area contributed by atoms with Crippen LogP contribution in [0.25, 0.3) is 0 Å². The third-order valence-corrected chi connectivity index (χ3v) is 5.34. The van der Waals surface area contributed by atoms with Gasteiger partial charge in [-0.05, 0) is 33.3 Å². The number of carbonyl (C=O) groups excluding carboxylic acids is 2. The molecule has 148 valence electrons. The van der Waals surface area contributed by atoms with Crippen molar-refractivity contribution >= 4 is 11.9 Å². The number of carbonyl (C=O) groups is 2. The molecule has 0 radical (unpaired) electrons. The van der Waals surface area contributed by atoms with Crippen molar-refractivity contribution in [2.45, 2.75) is 63.1 Å². The highest BCUT2D eigenvalue weighted by Crippen LogP contribution is 2.49. The lowest BCUT2D eigenvalue weighted by atomic mass is 9.82. The highest BCUT2D eigenvalue weighted by molar-refractivity contribution is 5.95. The van der Waals surface area contributed by atoms with Crippen LogP contribution in [0.5, 0.6) is 0 Å². The first-order chi connectivity index (χ1) is 12.4. The van der Waals surface area contributed by atoms with E-state index in [1.165, 1.54) is 19.9 Å². The van der Waals surface area contributed by atoms with Gasteiger partial charge in [0.2, 0.25) is 0 Å². The summed E-state index contributed by atoms with van der Waals surface area (Å²) in [6.07, 6.45) is 0.606. The van der Waals surface area contributed by atoms with Crippen molar-refractivity contribution in [3.63, 3.8) is 0 Å². The van der Waals surface area contributed by atoms with Gasteiger partial charge in [0.05, 0.1) is 17.8 Å². The van der Waals surface area contributed by atoms with Crippen molar-refractivity contribution in [1.82, 2.24) is 0 Å². The Labute approximate surface area is 156 Å².